The number of piperidine rings is 1. The molecule has 5 rings (SSSR count). The highest BCUT2D eigenvalue weighted by Gasteiger charge is 2.26. The summed E-state index contributed by atoms with van der Waals surface area (Å²) in [5, 5.41) is 11.7. The molecular formula is C24H23FN4O3. The maximum Gasteiger partial charge on any atom is 0.231 e. The van der Waals surface area contributed by atoms with Gasteiger partial charge in [0.05, 0.1) is 11.6 Å². The highest BCUT2D eigenvalue weighted by molar-refractivity contribution is 5.79. The SMILES string of the molecule is O=C(NCc1ccc2c(c1)OCO2)[C@H]1CCCN(c2ccc(-c3ccc(F)cc3)nn2)C1. The molecule has 0 bridgehead atoms. The molecule has 7 nitrogen and oxygen atoms in total. The van der Waals surface area contributed by atoms with Gasteiger partial charge in [0.15, 0.2) is 17.3 Å². The van der Waals surface area contributed by atoms with E-state index in [2.05, 4.69) is 20.4 Å². The Morgan fingerprint density at radius 2 is 1.91 bits per heavy atom. The number of amides is 1. The molecule has 8 heteroatoms. The number of anilines is 1. The van der Waals surface area contributed by atoms with E-state index in [-0.39, 0.29) is 24.4 Å². The lowest BCUT2D eigenvalue weighted by Crippen LogP contribution is -2.43. The number of halogens is 1. The van der Waals surface area contributed by atoms with Crippen molar-refractivity contribution in [2.75, 3.05) is 24.8 Å². The normalized spacial score (nSPS) is 17.3. The van der Waals surface area contributed by atoms with Gasteiger partial charge in [-0.3, -0.25) is 4.79 Å². The van der Waals surface area contributed by atoms with Crippen molar-refractivity contribution in [2.24, 2.45) is 5.92 Å². The molecule has 2 aliphatic rings. The van der Waals surface area contributed by atoms with E-state index in [1.807, 2.05) is 30.3 Å². The van der Waals surface area contributed by atoms with Crippen molar-refractivity contribution in [3.63, 3.8) is 0 Å². The van der Waals surface area contributed by atoms with Gasteiger partial charge in [0.25, 0.3) is 0 Å². The first kappa shape index (κ1) is 20.2. The molecule has 2 aromatic carbocycles. The molecule has 0 radical (unpaired) electrons. The number of hydrogen-bond donors (Lipinski definition) is 1. The van der Waals surface area contributed by atoms with Crippen LogP contribution in [0.4, 0.5) is 10.2 Å². The topological polar surface area (TPSA) is 76.6 Å². The molecule has 164 valence electrons. The number of aromatic nitrogens is 2. The van der Waals surface area contributed by atoms with Crippen LogP contribution in [0.1, 0.15) is 18.4 Å². The van der Waals surface area contributed by atoms with Gasteiger partial charge in [0.2, 0.25) is 12.7 Å². The number of nitrogens with zero attached hydrogens (tertiary/aromatic N) is 3. The number of ether oxygens (including phenoxy) is 2. The average Bonchev–Trinajstić information content (AvgIpc) is 3.31. The van der Waals surface area contributed by atoms with Crippen molar-refractivity contribution in [1.82, 2.24) is 15.5 Å². The summed E-state index contributed by atoms with van der Waals surface area (Å²) >= 11 is 0. The summed E-state index contributed by atoms with van der Waals surface area (Å²) in [5.74, 6) is 1.82. The fraction of sp³-hybridized carbons (Fsp3) is 0.292. The third-order valence-corrected chi connectivity index (χ3v) is 5.81. The molecule has 0 saturated carbocycles. The summed E-state index contributed by atoms with van der Waals surface area (Å²) in [6.45, 7) is 2.10. The minimum Gasteiger partial charge on any atom is -0.454 e. The molecule has 1 amide bonds. The standard InChI is InChI=1S/C24H23FN4O3/c25-19-6-4-17(5-7-19)20-8-10-23(28-27-20)29-11-1-2-18(14-29)24(30)26-13-16-3-9-21-22(12-16)32-15-31-21/h3-10,12,18H,1-2,11,13-15H2,(H,26,30)/t18-/m0/s1. The Morgan fingerprint density at radius 1 is 1.06 bits per heavy atom. The number of carbonyl (C=O) groups excluding carboxylic acids is 1. The maximum atomic E-state index is 13.1. The van der Waals surface area contributed by atoms with Gasteiger partial charge in [-0.25, -0.2) is 4.39 Å². The second kappa shape index (κ2) is 8.82. The van der Waals surface area contributed by atoms with Crippen molar-refractivity contribution in [3.8, 4) is 22.8 Å². The quantitative estimate of drug-likeness (QED) is 0.662. The number of carbonyl (C=O) groups is 1. The fourth-order valence-electron chi connectivity index (χ4n) is 4.05. The van der Waals surface area contributed by atoms with E-state index < -0.39 is 0 Å². The van der Waals surface area contributed by atoms with E-state index in [1.54, 1.807) is 12.1 Å². The smallest absolute Gasteiger partial charge is 0.231 e. The van der Waals surface area contributed by atoms with E-state index in [0.717, 1.165) is 42.1 Å². The lowest BCUT2D eigenvalue weighted by atomic mass is 9.97. The zero-order valence-electron chi connectivity index (χ0n) is 17.5. The Hall–Kier alpha value is -3.68. The van der Waals surface area contributed by atoms with Crippen LogP contribution in [0.15, 0.2) is 54.6 Å². The van der Waals surface area contributed by atoms with Crippen LogP contribution >= 0.6 is 0 Å². The first-order valence-corrected chi connectivity index (χ1v) is 10.7. The van der Waals surface area contributed by atoms with E-state index >= 15 is 0 Å². The van der Waals surface area contributed by atoms with Crippen LogP contribution in [-0.4, -0.2) is 36.0 Å². The zero-order chi connectivity index (χ0) is 21.9. The van der Waals surface area contributed by atoms with Gasteiger partial charge in [0, 0.05) is 25.2 Å². The highest BCUT2D eigenvalue weighted by Crippen LogP contribution is 2.32. The lowest BCUT2D eigenvalue weighted by molar-refractivity contribution is -0.125. The molecule has 3 aromatic rings. The Kier molecular flexibility index (Phi) is 5.58. The molecule has 1 saturated heterocycles. The number of fused-ring (bicyclic) bond motifs is 1. The predicted molar refractivity (Wildman–Crippen MR) is 117 cm³/mol. The second-order valence-electron chi connectivity index (χ2n) is 7.97. The molecule has 1 aromatic heterocycles. The van der Waals surface area contributed by atoms with Gasteiger partial charge in [-0.15, -0.1) is 10.2 Å². The molecule has 0 spiro atoms. The Morgan fingerprint density at radius 3 is 2.72 bits per heavy atom. The van der Waals surface area contributed by atoms with Gasteiger partial charge >= 0.3 is 0 Å². The van der Waals surface area contributed by atoms with E-state index in [9.17, 15) is 9.18 Å². The van der Waals surface area contributed by atoms with E-state index in [1.165, 1.54) is 12.1 Å². The van der Waals surface area contributed by atoms with Crippen LogP contribution in [0.25, 0.3) is 11.3 Å². The van der Waals surface area contributed by atoms with Gasteiger partial charge in [0.1, 0.15) is 5.82 Å². The van der Waals surface area contributed by atoms with E-state index in [4.69, 9.17) is 9.47 Å². The molecule has 0 unspecified atom stereocenters. The molecule has 32 heavy (non-hydrogen) atoms. The monoisotopic (exact) mass is 434 g/mol. The number of benzene rings is 2. The summed E-state index contributed by atoms with van der Waals surface area (Å²) in [4.78, 5) is 14.9. The summed E-state index contributed by atoms with van der Waals surface area (Å²) in [6, 6.07) is 15.6. The first-order valence-electron chi connectivity index (χ1n) is 10.7. The number of hydrogen-bond acceptors (Lipinski definition) is 6. The van der Waals surface area contributed by atoms with Crippen LogP contribution in [0.2, 0.25) is 0 Å². The molecule has 1 N–H and O–H groups in total. The highest BCUT2D eigenvalue weighted by atomic mass is 19.1. The minimum absolute atomic E-state index is 0.0308. The van der Waals surface area contributed by atoms with Crippen molar-refractivity contribution in [2.45, 2.75) is 19.4 Å². The first-order chi connectivity index (χ1) is 15.7. The molecular weight excluding hydrogens is 411 g/mol. The number of nitrogens with one attached hydrogen (secondary N) is 1. The maximum absolute atomic E-state index is 13.1. The third kappa shape index (κ3) is 4.34. The molecule has 1 atom stereocenters. The minimum atomic E-state index is -0.283. The fourth-order valence-corrected chi connectivity index (χ4v) is 4.05. The lowest BCUT2D eigenvalue weighted by Gasteiger charge is -2.32. The summed E-state index contributed by atoms with van der Waals surface area (Å²) < 4.78 is 23.8. The summed E-state index contributed by atoms with van der Waals surface area (Å²) in [6.07, 6.45) is 1.74. The Balaban J connectivity index is 1.19. The van der Waals surface area contributed by atoms with Gasteiger partial charge < -0.3 is 19.7 Å². The van der Waals surface area contributed by atoms with Gasteiger partial charge in [-0.2, -0.15) is 0 Å². The Bertz CT molecular complexity index is 1110. The predicted octanol–water partition coefficient (Wildman–Crippen LogP) is 3.54. The average molecular weight is 434 g/mol. The van der Waals surface area contributed by atoms with Crippen LogP contribution in [0.5, 0.6) is 11.5 Å². The molecule has 1 fully saturated rings. The number of rotatable bonds is 5. The van der Waals surface area contributed by atoms with Crippen LogP contribution in [-0.2, 0) is 11.3 Å². The van der Waals surface area contributed by atoms with Gasteiger partial charge in [-0.05, 0) is 66.9 Å². The largest absolute Gasteiger partial charge is 0.454 e. The van der Waals surface area contributed by atoms with E-state index in [0.29, 0.717) is 24.5 Å². The van der Waals surface area contributed by atoms with Crippen molar-refractivity contribution in [3.05, 3.63) is 66.0 Å². The zero-order valence-corrected chi connectivity index (χ0v) is 17.5. The van der Waals surface area contributed by atoms with Crippen molar-refractivity contribution in [1.29, 1.82) is 0 Å². The van der Waals surface area contributed by atoms with Gasteiger partial charge in [-0.1, -0.05) is 6.07 Å². The summed E-state index contributed by atoms with van der Waals surface area (Å²) in [7, 11) is 0. The Labute approximate surface area is 185 Å². The summed E-state index contributed by atoms with van der Waals surface area (Å²) in [5.41, 5.74) is 2.46. The molecule has 0 aliphatic carbocycles. The molecule has 3 heterocycles. The van der Waals surface area contributed by atoms with Crippen LogP contribution in [0, 0.1) is 11.7 Å². The van der Waals surface area contributed by atoms with Crippen LogP contribution < -0.4 is 19.7 Å². The third-order valence-electron chi connectivity index (χ3n) is 5.81. The van der Waals surface area contributed by atoms with Crippen LogP contribution in [0.3, 0.4) is 0 Å². The van der Waals surface area contributed by atoms with Crippen molar-refractivity contribution < 1.29 is 18.7 Å². The second-order valence-corrected chi connectivity index (χ2v) is 7.97. The molecule has 2 aliphatic heterocycles. The van der Waals surface area contributed by atoms with Crippen molar-refractivity contribution >= 4 is 11.7 Å².